The van der Waals surface area contributed by atoms with Crippen molar-refractivity contribution in [1.29, 1.82) is 0 Å². The van der Waals surface area contributed by atoms with Crippen LogP contribution in [0.4, 0.5) is 23.0 Å². The van der Waals surface area contributed by atoms with E-state index in [2.05, 4.69) is 31.1 Å². The summed E-state index contributed by atoms with van der Waals surface area (Å²) in [4.78, 5) is 8.76. The minimum absolute atomic E-state index is 0.270. The van der Waals surface area contributed by atoms with Crippen molar-refractivity contribution in [1.82, 2.24) is 20.3 Å². The quantitative estimate of drug-likeness (QED) is 0.373. The fraction of sp³-hybridized carbons (Fsp3) is 0. The van der Waals surface area contributed by atoms with Gasteiger partial charge in [0.1, 0.15) is 0 Å². The highest BCUT2D eigenvalue weighted by Crippen LogP contribution is 2.27. The Morgan fingerprint density at radius 3 is 2.16 bits per heavy atom. The van der Waals surface area contributed by atoms with Crippen molar-refractivity contribution in [3.8, 4) is 0 Å². The van der Waals surface area contributed by atoms with Crippen LogP contribution in [0.25, 0.3) is 11.3 Å². The lowest BCUT2D eigenvalue weighted by molar-refractivity contribution is 0.314. The monoisotopic (exact) mass is 334 g/mol. The molecule has 9 nitrogen and oxygen atoms in total. The zero-order valence-electron chi connectivity index (χ0n) is 13.0. The van der Waals surface area contributed by atoms with Gasteiger partial charge in [-0.25, -0.2) is 10.5 Å². The van der Waals surface area contributed by atoms with E-state index in [0.717, 1.165) is 11.4 Å². The summed E-state index contributed by atoms with van der Waals surface area (Å²) in [6.45, 7) is 0. The molecule has 0 fully saturated rings. The fourth-order valence-corrected chi connectivity index (χ4v) is 2.24. The Morgan fingerprint density at radius 2 is 1.44 bits per heavy atom. The minimum atomic E-state index is 0.270. The number of hydrogen-bond acceptors (Lipinski definition) is 9. The van der Waals surface area contributed by atoms with Crippen LogP contribution in [0.15, 0.2) is 65.3 Å². The van der Waals surface area contributed by atoms with Gasteiger partial charge >= 0.3 is 0 Å². The third kappa shape index (κ3) is 3.03. The number of hydrogen-bond donors (Lipinski definition) is 3. The van der Waals surface area contributed by atoms with Gasteiger partial charge in [-0.15, -0.1) is 0 Å². The number of rotatable bonds is 5. The lowest BCUT2D eigenvalue weighted by Gasteiger charge is -2.20. The summed E-state index contributed by atoms with van der Waals surface area (Å²) < 4.78 is 4.69. The minimum Gasteiger partial charge on any atom is -0.300 e. The number of hydrazine groups is 2. The van der Waals surface area contributed by atoms with Gasteiger partial charge in [0.25, 0.3) is 0 Å². The largest absolute Gasteiger partial charge is 0.300 e. The predicted octanol–water partition coefficient (Wildman–Crippen LogP) is 2.46. The molecule has 0 aliphatic heterocycles. The fourth-order valence-electron chi connectivity index (χ4n) is 2.24. The van der Waals surface area contributed by atoms with E-state index in [-0.39, 0.29) is 11.3 Å². The summed E-state index contributed by atoms with van der Waals surface area (Å²) in [6.07, 6.45) is 0. The molecule has 2 aromatic heterocycles. The Kier molecular flexibility index (Phi) is 3.81. The van der Waals surface area contributed by atoms with Crippen molar-refractivity contribution in [3.05, 3.63) is 60.7 Å². The van der Waals surface area contributed by atoms with Crippen LogP contribution in [-0.2, 0) is 0 Å². The van der Waals surface area contributed by atoms with E-state index in [1.54, 1.807) is 0 Å². The molecule has 4 rings (SSSR count). The third-order valence-electron chi connectivity index (χ3n) is 3.46. The Hall–Kier alpha value is -3.72. The lowest BCUT2D eigenvalue weighted by Crippen LogP contribution is -2.28. The molecule has 0 amide bonds. The highest BCUT2D eigenvalue weighted by atomic mass is 16.6. The van der Waals surface area contributed by atoms with Crippen molar-refractivity contribution in [2.24, 2.45) is 5.84 Å². The van der Waals surface area contributed by atoms with Gasteiger partial charge in [-0.05, 0) is 34.6 Å². The van der Waals surface area contributed by atoms with Crippen LogP contribution in [0.3, 0.4) is 0 Å². The van der Waals surface area contributed by atoms with E-state index in [1.807, 2.05) is 60.7 Å². The molecule has 2 heterocycles. The van der Waals surface area contributed by atoms with Gasteiger partial charge in [0.15, 0.2) is 11.6 Å². The maximum Gasteiger partial charge on any atom is 0.245 e. The van der Waals surface area contributed by atoms with Gasteiger partial charge in [0.05, 0.1) is 11.4 Å². The number of para-hydroxylation sites is 2. The first-order chi connectivity index (χ1) is 12.3. The van der Waals surface area contributed by atoms with Gasteiger partial charge in [-0.3, -0.25) is 15.9 Å². The smallest absolute Gasteiger partial charge is 0.245 e. The Bertz CT molecular complexity index is 973. The molecule has 0 spiro atoms. The van der Waals surface area contributed by atoms with Crippen molar-refractivity contribution in [2.45, 2.75) is 0 Å². The molecule has 2 aromatic carbocycles. The SMILES string of the molecule is NN(c1ccccc1)c1nc2nonc2nc1NNc1ccccc1. The van der Waals surface area contributed by atoms with Crippen LogP contribution in [0.1, 0.15) is 0 Å². The second-order valence-electron chi connectivity index (χ2n) is 5.13. The molecular weight excluding hydrogens is 320 g/mol. The van der Waals surface area contributed by atoms with Crippen molar-refractivity contribution in [3.63, 3.8) is 0 Å². The zero-order valence-corrected chi connectivity index (χ0v) is 13.0. The molecular formula is C16H14N8O. The molecule has 0 atom stereocenters. The molecule has 4 N–H and O–H groups in total. The number of anilines is 4. The molecule has 124 valence electrons. The number of nitrogens with zero attached hydrogens (tertiary/aromatic N) is 5. The van der Waals surface area contributed by atoms with Crippen molar-refractivity contribution >= 4 is 34.3 Å². The van der Waals surface area contributed by atoms with E-state index in [4.69, 9.17) is 10.5 Å². The lowest BCUT2D eigenvalue weighted by atomic mass is 10.3. The maximum absolute atomic E-state index is 6.23. The van der Waals surface area contributed by atoms with Crippen LogP contribution in [0.5, 0.6) is 0 Å². The van der Waals surface area contributed by atoms with E-state index < -0.39 is 0 Å². The standard InChI is InChI=1S/C16H14N8O/c17-24(12-9-5-2-6-10-12)16-15(18-13-14(19-16)23-25-22-13)21-20-11-7-3-1-4-8-11/h1-10,20H,17H2,(H,18,21,22). The second kappa shape index (κ2) is 6.42. The molecule has 0 bridgehead atoms. The summed E-state index contributed by atoms with van der Waals surface area (Å²) in [5.41, 5.74) is 8.21. The van der Waals surface area contributed by atoms with Crippen LogP contribution in [0.2, 0.25) is 0 Å². The highest BCUT2D eigenvalue weighted by molar-refractivity contribution is 5.77. The number of fused-ring (bicyclic) bond motifs is 1. The van der Waals surface area contributed by atoms with Crippen LogP contribution in [0, 0.1) is 0 Å². The molecule has 25 heavy (non-hydrogen) atoms. The van der Waals surface area contributed by atoms with Crippen molar-refractivity contribution in [2.75, 3.05) is 15.9 Å². The third-order valence-corrected chi connectivity index (χ3v) is 3.46. The number of benzene rings is 2. The average Bonchev–Trinajstić information content (AvgIpc) is 3.14. The Balaban J connectivity index is 1.71. The highest BCUT2D eigenvalue weighted by Gasteiger charge is 2.17. The van der Waals surface area contributed by atoms with Crippen LogP contribution >= 0.6 is 0 Å². The van der Waals surface area contributed by atoms with Gasteiger partial charge in [-0.2, -0.15) is 9.97 Å². The Morgan fingerprint density at radius 1 is 0.800 bits per heavy atom. The summed E-state index contributed by atoms with van der Waals surface area (Å²) in [7, 11) is 0. The van der Waals surface area contributed by atoms with Gasteiger partial charge in [-0.1, -0.05) is 36.4 Å². The van der Waals surface area contributed by atoms with E-state index in [9.17, 15) is 0 Å². The van der Waals surface area contributed by atoms with Gasteiger partial charge in [0, 0.05) is 0 Å². The van der Waals surface area contributed by atoms with Crippen LogP contribution < -0.4 is 21.7 Å². The summed E-state index contributed by atoms with van der Waals surface area (Å²) >= 11 is 0. The summed E-state index contributed by atoms with van der Waals surface area (Å²) in [5.74, 6) is 6.99. The first kappa shape index (κ1) is 14.8. The number of nitrogens with one attached hydrogen (secondary N) is 2. The van der Waals surface area contributed by atoms with E-state index in [0.29, 0.717) is 11.6 Å². The summed E-state index contributed by atoms with van der Waals surface area (Å²) in [5, 5.41) is 8.86. The molecule has 0 saturated heterocycles. The summed E-state index contributed by atoms with van der Waals surface area (Å²) in [6, 6.07) is 19.0. The second-order valence-corrected chi connectivity index (χ2v) is 5.13. The molecule has 0 unspecified atom stereocenters. The topological polar surface area (TPSA) is 118 Å². The predicted molar refractivity (Wildman–Crippen MR) is 93.8 cm³/mol. The normalized spacial score (nSPS) is 10.6. The maximum atomic E-state index is 6.23. The molecule has 0 aliphatic carbocycles. The Labute approximate surface area is 142 Å². The number of aromatic nitrogens is 4. The average molecular weight is 334 g/mol. The molecule has 0 radical (unpaired) electrons. The van der Waals surface area contributed by atoms with Gasteiger partial charge in [0.2, 0.25) is 11.3 Å². The van der Waals surface area contributed by atoms with E-state index in [1.165, 1.54) is 5.01 Å². The van der Waals surface area contributed by atoms with E-state index >= 15 is 0 Å². The molecule has 0 aliphatic rings. The van der Waals surface area contributed by atoms with Gasteiger partial charge < -0.3 is 0 Å². The van der Waals surface area contributed by atoms with Crippen LogP contribution in [-0.4, -0.2) is 20.3 Å². The molecule has 0 saturated carbocycles. The molecule has 4 aromatic rings. The number of nitrogens with two attached hydrogens (primary N) is 1. The first-order valence-electron chi connectivity index (χ1n) is 7.48. The molecule has 9 heteroatoms. The zero-order chi connectivity index (χ0) is 17.1. The van der Waals surface area contributed by atoms with Crippen molar-refractivity contribution < 1.29 is 4.63 Å². The first-order valence-corrected chi connectivity index (χ1v) is 7.48.